The highest BCUT2D eigenvalue weighted by atomic mass is 32.2. The first-order valence-corrected chi connectivity index (χ1v) is 7.36. The highest BCUT2D eigenvalue weighted by Gasteiger charge is 2.17. The minimum Gasteiger partial charge on any atom is -0.492 e. The molecule has 0 unspecified atom stereocenters. The molecule has 1 aromatic carbocycles. The summed E-state index contributed by atoms with van der Waals surface area (Å²) in [6.07, 6.45) is 0.175. The van der Waals surface area contributed by atoms with Crippen LogP contribution in [0, 0.1) is 11.3 Å². The molecule has 0 atom stereocenters. The molecule has 1 rings (SSSR count). The van der Waals surface area contributed by atoms with Gasteiger partial charge in [0.1, 0.15) is 12.4 Å². The zero-order chi connectivity index (χ0) is 14.3. The van der Waals surface area contributed by atoms with Crippen molar-refractivity contribution in [1.82, 2.24) is 4.31 Å². The molecular formula is C12H17N3O3S. The van der Waals surface area contributed by atoms with Crippen molar-refractivity contribution in [3.05, 3.63) is 24.3 Å². The number of hydrogen-bond donors (Lipinski definition) is 1. The Bertz CT molecular complexity index is 534. The average Bonchev–Trinajstić information content (AvgIpc) is 2.38. The summed E-state index contributed by atoms with van der Waals surface area (Å²) >= 11 is 0. The number of nitriles is 1. The first-order chi connectivity index (χ1) is 8.95. The third-order valence-corrected chi connectivity index (χ3v) is 4.32. The Hall–Kier alpha value is -1.78. The lowest BCUT2D eigenvalue weighted by atomic mass is 10.3. The Morgan fingerprint density at radius 3 is 2.58 bits per heavy atom. The summed E-state index contributed by atoms with van der Waals surface area (Å²) in [5, 5.41) is 8.42. The summed E-state index contributed by atoms with van der Waals surface area (Å²) < 4.78 is 30.1. The second-order valence-electron chi connectivity index (χ2n) is 3.96. The van der Waals surface area contributed by atoms with E-state index in [4.69, 9.17) is 15.7 Å². The molecule has 2 N–H and O–H groups in total. The number of nitrogen functional groups attached to an aromatic ring is 1. The van der Waals surface area contributed by atoms with Gasteiger partial charge in [-0.2, -0.15) is 5.26 Å². The fourth-order valence-electron chi connectivity index (χ4n) is 1.33. The monoisotopic (exact) mass is 283 g/mol. The lowest BCUT2D eigenvalue weighted by molar-refractivity contribution is 0.337. The van der Waals surface area contributed by atoms with E-state index in [9.17, 15) is 8.42 Å². The number of anilines is 1. The van der Waals surface area contributed by atoms with E-state index < -0.39 is 10.0 Å². The molecule has 0 saturated heterocycles. The fraction of sp³-hybridized carbons (Fsp3) is 0.417. The molecule has 104 valence electrons. The molecule has 0 heterocycles. The molecule has 0 saturated carbocycles. The zero-order valence-corrected chi connectivity index (χ0v) is 11.6. The molecular weight excluding hydrogens is 266 g/mol. The number of rotatable bonds is 7. The largest absolute Gasteiger partial charge is 0.492 e. The third-order valence-electron chi connectivity index (χ3n) is 2.50. The summed E-state index contributed by atoms with van der Waals surface area (Å²) in [6, 6.07) is 8.64. The van der Waals surface area contributed by atoms with Gasteiger partial charge in [-0.15, -0.1) is 0 Å². The van der Waals surface area contributed by atoms with Crippen molar-refractivity contribution < 1.29 is 13.2 Å². The quantitative estimate of drug-likeness (QED) is 0.747. The van der Waals surface area contributed by atoms with Gasteiger partial charge in [-0.25, -0.2) is 12.7 Å². The van der Waals surface area contributed by atoms with E-state index in [1.807, 2.05) is 6.07 Å². The molecule has 19 heavy (non-hydrogen) atoms. The molecule has 0 fully saturated rings. The Kier molecular flexibility index (Phi) is 5.60. The van der Waals surface area contributed by atoms with Crippen LogP contribution in [0.4, 0.5) is 5.69 Å². The van der Waals surface area contributed by atoms with Crippen molar-refractivity contribution in [3.63, 3.8) is 0 Å². The number of nitrogens with two attached hydrogens (primary N) is 1. The van der Waals surface area contributed by atoms with Crippen LogP contribution in [0.15, 0.2) is 24.3 Å². The summed E-state index contributed by atoms with van der Waals surface area (Å²) in [4.78, 5) is 0. The van der Waals surface area contributed by atoms with Gasteiger partial charge in [0.05, 0.1) is 11.8 Å². The molecule has 7 heteroatoms. The van der Waals surface area contributed by atoms with Gasteiger partial charge in [-0.1, -0.05) is 0 Å². The van der Waals surface area contributed by atoms with E-state index in [0.29, 0.717) is 11.4 Å². The number of sulfonamides is 1. The van der Waals surface area contributed by atoms with Gasteiger partial charge in [0.25, 0.3) is 0 Å². The fourth-order valence-corrected chi connectivity index (χ4v) is 2.31. The van der Waals surface area contributed by atoms with Crippen molar-refractivity contribution >= 4 is 15.7 Å². The summed E-state index contributed by atoms with van der Waals surface area (Å²) in [6.45, 7) is 0.254. The van der Waals surface area contributed by atoms with Gasteiger partial charge in [-0.3, -0.25) is 0 Å². The van der Waals surface area contributed by atoms with Crippen molar-refractivity contribution in [3.8, 4) is 11.8 Å². The topological polar surface area (TPSA) is 96.4 Å². The molecule has 0 aromatic heterocycles. The second-order valence-corrected chi connectivity index (χ2v) is 6.16. The van der Waals surface area contributed by atoms with Crippen LogP contribution in [0.1, 0.15) is 6.42 Å². The van der Waals surface area contributed by atoms with Crippen LogP contribution in [0.3, 0.4) is 0 Å². The second kappa shape index (κ2) is 6.97. The first kappa shape index (κ1) is 15.3. The van der Waals surface area contributed by atoms with Crippen LogP contribution >= 0.6 is 0 Å². The lowest BCUT2D eigenvalue weighted by Crippen LogP contribution is -2.32. The number of nitrogens with zero attached hydrogens (tertiary/aromatic N) is 2. The van der Waals surface area contributed by atoms with E-state index in [-0.39, 0.29) is 25.3 Å². The Morgan fingerprint density at radius 2 is 2.00 bits per heavy atom. The van der Waals surface area contributed by atoms with Crippen LogP contribution in [0.25, 0.3) is 0 Å². The Labute approximate surface area is 113 Å². The predicted octanol–water partition coefficient (Wildman–Crippen LogP) is 0.823. The SMILES string of the molecule is CN(CCC#N)S(=O)(=O)CCOc1ccc(N)cc1. The van der Waals surface area contributed by atoms with E-state index >= 15 is 0 Å². The van der Waals surface area contributed by atoms with Gasteiger partial charge >= 0.3 is 0 Å². The molecule has 0 bridgehead atoms. The standard InChI is InChI=1S/C12H17N3O3S/c1-15(8-2-7-13)19(16,17)10-9-18-12-5-3-11(14)4-6-12/h3-6H,2,8-10,14H2,1H3. The van der Waals surface area contributed by atoms with E-state index in [2.05, 4.69) is 0 Å². The zero-order valence-electron chi connectivity index (χ0n) is 10.7. The number of benzene rings is 1. The molecule has 0 radical (unpaired) electrons. The summed E-state index contributed by atoms with van der Waals surface area (Å²) in [5.41, 5.74) is 6.15. The van der Waals surface area contributed by atoms with Crippen molar-refractivity contribution in [2.24, 2.45) is 0 Å². The molecule has 0 aliphatic carbocycles. The van der Waals surface area contributed by atoms with E-state index in [0.717, 1.165) is 0 Å². The highest BCUT2D eigenvalue weighted by molar-refractivity contribution is 7.89. The molecule has 0 aliphatic rings. The van der Waals surface area contributed by atoms with Crippen LogP contribution in [0.2, 0.25) is 0 Å². The predicted molar refractivity (Wildman–Crippen MR) is 73.0 cm³/mol. The maximum atomic E-state index is 11.8. The van der Waals surface area contributed by atoms with E-state index in [1.54, 1.807) is 24.3 Å². The Balaban J connectivity index is 2.43. The summed E-state index contributed by atoms with van der Waals surface area (Å²) in [7, 11) is -1.92. The van der Waals surface area contributed by atoms with Crippen molar-refractivity contribution in [1.29, 1.82) is 5.26 Å². The van der Waals surface area contributed by atoms with Crippen LogP contribution < -0.4 is 10.5 Å². The lowest BCUT2D eigenvalue weighted by Gasteiger charge is -2.15. The van der Waals surface area contributed by atoms with Gasteiger partial charge in [0.2, 0.25) is 10.0 Å². The van der Waals surface area contributed by atoms with Crippen LogP contribution in [0.5, 0.6) is 5.75 Å². The van der Waals surface area contributed by atoms with Crippen molar-refractivity contribution in [2.45, 2.75) is 6.42 Å². The molecule has 0 spiro atoms. The third kappa shape index (κ3) is 5.16. The normalized spacial score (nSPS) is 11.2. The van der Waals surface area contributed by atoms with Gasteiger partial charge in [0, 0.05) is 25.7 Å². The van der Waals surface area contributed by atoms with Gasteiger partial charge in [0.15, 0.2) is 0 Å². The minimum absolute atomic E-state index is 0.0587. The summed E-state index contributed by atoms with van der Waals surface area (Å²) in [5.74, 6) is 0.448. The van der Waals surface area contributed by atoms with Gasteiger partial charge in [-0.05, 0) is 24.3 Å². The number of ether oxygens (including phenoxy) is 1. The molecule has 1 aromatic rings. The first-order valence-electron chi connectivity index (χ1n) is 5.75. The smallest absolute Gasteiger partial charge is 0.217 e. The molecule has 6 nitrogen and oxygen atoms in total. The van der Waals surface area contributed by atoms with Crippen LogP contribution in [-0.2, 0) is 10.0 Å². The van der Waals surface area contributed by atoms with Crippen molar-refractivity contribution in [2.75, 3.05) is 31.7 Å². The maximum absolute atomic E-state index is 11.8. The minimum atomic E-state index is -3.38. The number of hydrogen-bond acceptors (Lipinski definition) is 5. The highest BCUT2D eigenvalue weighted by Crippen LogP contribution is 2.13. The molecule has 0 aliphatic heterocycles. The average molecular weight is 283 g/mol. The maximum Gasteiger partial charge on any atom is 0.217 e. The van der Waals surface area contributed by atoms with Gasteiger partial charge < -0.3 is 10.5 Å². The molecule has 0 amide bonds. The van der Waals surface area contributed by atoms with Crippen LogP contribution in [-0.4, -0.2) is 38.7 Å². The Morgan fingerprint density at radius 1 is 1.37 bits per heavy atom. The van der Waals surface area contributed by atoms with E-state index in [1.165, 1.54) is 11.4 Å².